The Labute approximate surface area is 162 Å². The molecular weight excluding hydrogens is 363 g/mol. The van der Waals surface area contributed by atoms with E-state index in [-0.39, 0.29) is 23.4 Å². The van der Waals surface area contributed by atoms with Gasteiger partial charge < -0.3 is 14.6 Å². The largest absolute Gasteiger partial charge is 0.461 e. The molecule has 1 N–H and O–H groups in total. The summed E-state index contributed by atoms with van der Waals surface area (Å²) in [5, 5.41) is 2.80. The van der Waals surface area contributed by atoms with Crippen LogP contribution in [0.1, 0.15) is 41.8 Å². The minimum atomic E-state index is -0.643. The number of carbonyl (C=O) groups excluding carboxylic acids is 3. The number of rotatable bonds is 6. The molecule has 28 heavy (non-hydrogen) atoms. The molecule has 6 nitrogen and oxygen atoms in total. The Hall–Kier alpha value is -2.96. The molecule has 2 heterocycles. The summed E-state index contributed by atoms with van der Waals surface area (Å²) in [6.07, 6.45) is 3.98. The van der Waals surface area contributed by atoms with E-state index in [0.29, 0.717) is 37.2 Å². The van der Waals surface area contributed by atoms with E-state index in [1.807, 2.05) is 0 Å². The predicted molar refractivity (Wildman–Crippen MR) is 101 cm³/mol. The topological polar surface area (TPSA) is 79.6 Å². The minimum Gasteiger partial charge on any atom is -0.461 e. The van der Waals surface area contributed by atoms with Crippen LogP contribution in [0.2, 0.25) is 0 Å². The van der Waals surface area contributed by atoms with E-state index < -0.39 is 11.7 Å². The summed E-state index contributed by atoms with van der Waals surface area (Å²) in [5.41, 5.74) is 1.26. The monoisotopic (exact) mass is 386 g/mol. The van der Waals surface area contributed by atoms with E-state index in [9.17, 15) is 18.8 Å². The molecule has 0 spiro atoms. The van der Waals surface area contributed by atoms with Gasteiger partial charge in [-0.3, -0.25) is 14.4 Å². The molecule has 3 rings (SSSR count). The third-order valence-electron chi connectivity index (χ3n) is 4.99. The zero-order valence-corrected chi connectivity index (χ0v) is 15.7. The van der Waals surface area contributed by atoms with Crippen LogP contribution in [-0.2, 0) is 9.59 Å². The van der Waals surface area contributed by atoms with Gasteiger partial charge in [0, 0.05) is 25.2 Å². The van der Waals surface area contributed by atoms with Gasteiger partial charge in [-0.2, -0.15) is 0 Å². The van der Waals surface area contributed by atoms with E-state index in [0.717, 1.165) is 12.8 Å². The molecule has 0 bridgehead atoms. The highest BCUT2D eigenvalue weighted by atomic mass is 19.1. The van der Waals surface area contributed by atoms with Crippen molar-refractivity contribution < 1.29 is 23.2 Å². The summed E-state index contributed by atoms with van der Waals surface area (Å²) in [4.78, 5) is 38.3. The smallest absolute Gasteiger partial charge is 0.298 e. The molecule has 0 saturated carbocycles. The van der Waals surface area contributed by atoms with Gasteiger partial charge in [0.2, 0.25) is 5.91 Å². The van der Waals surface area contributed by atoms with Crippen molar-refractivity contribution in [2.24, 2.45) is 5.92 Å². The summed E-state index contributed by atoms with van der Waals surface area (Å²) in [5.74, 6) is -1.50. The third-order valence-corrected chi connectivity index (χ3v) is 4.99. The molecule has 1 aromatic heterocycles. The predicted octanol–water partition coefficient (Wildman–Crippen LogP) is 3.57. The van der Waals surface area contributed by atoms with Crippen LogP contribution in [0.15, 0.2) is 41.0 Å². The Balaban J connectivity index is 1.50. The summed E-state index contributed by atoms with van der Waals surface area (Å²) >= 11 is 0. The zero-order chi connectivity index (χ0) is 20.1. The third kappa shape index (κ3) is 4.85. The average molecular weight is 386 g/mol. The number of anilines is 1. The molecule has 148 valence electrons. The van der Waals surface area contributed by atoms with Gasteiger partial charge >= 0.3 is 0 Å². The number of carbonyl (C=O) groups is 3. The number of benzene rings is 1. The van der Waals surface area contributed by atoms with E-state index in [4.69, 9.17) is 4.42 Å². The van der Waals surface area contributed by atoms with Crippen LogP contribution in [0.3, 0.4) is 0 Å². The average Bonchev–Trinajstić information content (AvgIpc) is 3.22. The first-order valence-electron chi connectivity index (χ1n) is 9.37. The van der Waals surface area contributed by atoms with Gasteiger partial charge in [-0.1, -0.05) is 0 Å². The van der Waals surface area contributed by atoms with Crippen molar-refractivity contribution in [1.82, 2.24) is 4.90 Å². The molecule has 1 fully saturated rings. The number of piperidine rings is 1. The molecule has 1 aromatic carbocycles. The number of nitrogens with one attached hydrogen (secondary N) is 1. The number of hydrogen-bond donors (Lipinski definition) is 1. The molecule has 0 aliphatic carbocycles. The Kier molecular flexibility index (Phi) is 6.23. The van der Waals surface area contributed by atoms with Crippen LogP contribution in [0.5, 0.6) is 0 Å². The lowest BCUT2D eigenvalue weighted by molar-refractivity contribution is -0.128. The molecule has 7 heteroatoms. The first-order valence-corrected chi connectivity index (χ1v) is 9.37. The molecule has 1 aliphatic heterocycles. The van der Waals surface area contributed by atoms with Crippen molar-refractivity contribution in [2.75, 3.05) is 18.4 Å². The Morgan fingerprint density at radius 3 is 2.82 bits per heavy atom. The number of Topliss-reactive ketones (excluding diaryl/α,β-unsaturated/α-hetero) is 1. The maximum Gasteiger partial charge on any atom is 0.298 e. The molecule has 1 saturated heterocycles. The van der Waals surface area contributed by atoms with Crippen LogP contribution in [0, 0.1) is 18.7 Å². The molecule has 2 aromatic rings. The number of halogens is 1. The van der Waals surface area contributed by atoms with E-state index in [1.165, 1.54) is 24.5 Å². The number of amides is 2. The van der Waals surface area contributed by atoms with Crippen molar-refractivity contribution in [3.05, 3.63) is 53.7 Å². The van der Waals surface area contributed by atoms with Gasteiger partial charge in [0.25, 0.3) is 11.7 Å². The van der Waals surface area contributed by atoms with Crippen LogP contribution >= 0.6 is 0 Å². The molecule has 0 unspecified atom stereocenters. The maximum absolute atomic E-state index is 13.1. The van der Waals surface area contributed by atoms with Crippen molar-refractivity contribution in [3.8, 4) is 0 Å². The molecule has 2 amide bonds. The van der Waals surface area contributed by atoms with Crippen molar-refractivity contribution in [1.29, 1.82) is 0 Å². The van der Waals surface area contributed by atoms with Gasteiger partial charge in [-0.05, 0) is 68.0 Å². The zero-order valence-electron chi connectivity index (χ0n) is 15.7. The van der Waals surface area contributed by atoms with E-state index in [2.05, 4.69) is 5.32 Å². The SMILES string of the molecule is Cc1cc(F)ccc1NC(=O)CC[C@H]1CCCN(C(=O)C(=O)c2ccco2)C1. The fraction of sp³-hybridized carbons (Fsp3) is 0.381. The highest BCUT2D eigenvalue weighted by molar-refractivity contribution is 6.41. The molecule has 1 aliphatic rings. The van der Waals surface area contributed by atoms with Crippen LogP contribution < -0.4 is 5.32 Å². The number of hydrogen-bond acceptors (Lipinski definition) is 4. The summed E-state index contributed by atoms with van der Waals surface area (Å²) in [7, 11) is 0. The van der Waals surface area contributed by atoms with Gasteiger partial charge in [0.05, 0.1) is 6.26 Å². The first-order chi connectivity index (χ1) is 13.4. The maximum atomic E-state index is 13.1. The Bertz CT molecular complexity index is 863. The van der Waals surface area contributed by atoms with E-state index in [1.54, 1.807) is 24.0 Å². The Morgan fingerprint density at radius 2 is 2.11 bits per heavy atom. The fourth-order valence-electron chi connectivity index (χ4n) is 3.46. The van der Waals surface area contributed by atoms with Crippen molar-refractivity contribution >= 4 is 23.3 Å². The lowest BCUT2D eigenvalue weighted by atomic mass is 9.93. The highest BCUT2D eigenvalue weighted by Crippen LogP contribution is 2.23. The highest BCUT2D eigenvalue weighted by Gasteiger charge is 2.29. The molecule has 1 atom stereocenters. The lowest BCUT2D eigenvalue weighted by Gasteiger charge is -2.32. The second kappa shape index (κ2) is 8.82. The number of likely N-dealkylation sites (tertiary alicyclic amines) is 1. The van der Waals surface area contributed by atoms with Crippen molar-refractivity contribution in [3.63, 3.8) is 0 Å². The van der Waals surface area contributed by atoms with Crippen molar-refractivity contribution in [2.45, 2.75) is 32.6 Å². The number of furan rings is 1. The van der Waals surface area contributed by atoms with Crippen LogP contribution in [0.25, 0.3) is 0 Å². The fourth-order valence-corrected chi connectivity index (χ4v) is 3.46. The summed E-state index contributed by atoms with van der Waals surface area (Å²) in [6, 6.07) is 7.27. The number of nitrogens with zero attached hydrogens (tertiary/aromatic N) is 1. The van der Waals surface area contributed by atoms with Gasteiger partial charge in [0.15, 0.2) is 5.76 Å². The molecule has 0 radical (unpaired) electrons. The quantitative estimate of drug-likeness (QED) is 0.608. The minimum absolute atomic E-state index is 0.0427. The van der Waals surface area contributed by atoms with Gasteiger partial charge in [0.1, 0.15) is 5.82 Å². The van der Waals surface area contributed by atoms with Crippen LogP contribution in [-0.4, -0.2) is 35.6 Å². The summed E-state index contributed by atoms with van der Waals surface area (Å²) in [6.45, 7) is 2.72. The molecular formula is C21H23FN2O4. The summed E-state index contributed by atoms with van der Waals surface area (Å²) < 4.78 is 18.2. The Morgan fingerprint density at radius 1 is 1.29 bits per heavy atom. The standard InChI is InChI=1S/C21H23FN2O4/c1-14-12-16(22)7-8-17(14)23-19(25)9-6-15-4-2-10-24(13-15)21(27)20(26)18-5-3-11-28-18/h3,5,7-8,11-12,15H,2,4,6,9-10,13H2,1H3,(H,23,25)/t15-/m1/s1. The normalized spacial score (nSPS) is 16.6. The lowest BCUT2D eigenvalue weighted by Crippen LogP contribution is -2.43. The number of aryl methyl sites for hydroxylation is 1. The van der Waals surface area contributed by atoms with Gasteiger partial charge in [-0.15, -0.1) is 0 Å². The second-order valence-corrected chi connectivity index (χ2v) is 7.11. The van der Waals surface area contributed by atoms with E-state index >= 15 is 0 Å². The first kappa shape index (κ1) is 19.8. The number of ketones is 1. The second-order valence-electron chi connectivity index (χ2n) is 7.11. The van der Waals surface area contributed by atoms with Crippen LogP contribution in [0.4, 0.5) is 10.1 Å². The van der Waals surface area contributed by atoms with Gasteiger partial charge in [-0.25, -0.2) is 4.39 Å².